The molecule has 1 N–H and O–H groups in total. The summed E-state index contributed by atoms with van der Waals surface area (Å²) >= 11 is 0. The highest BCUT2D eigenvalue weighted by atomic mass is 16.5. The molecule has 0 saturated carbocycles. The second-order valence-corrected chi connectivity index (χ2v) is 5.07. The van der Waals surface area contributed by atoms with Gasteiger partial charge in [-0.3, -0.25) is 4.79 Å². The molecule has 0 atom stereocenters. The number of nitrogens with one attached hydrogen (secondary N) is 1. The van der Waals surface area contributed by atoms with Gasteiger partial charge in [0.05, 0.1) is 12.7 Å². The van der Waals surface area contributed by atoms with Crippen molar-refractivity contribution in [3.05, 3.63) is 65.2 Å². The number of ether oxygens (including phenoxy) is 2. The Kier molecular flexibility index (Phi) is 5.74. The van der Waals surface area contributed by atoms with E-state index in [1.165, 1.54) is 12.7 Å². The fraction of sp³-hybridized carbons (Fsp3) is 0.222. The number of esters is 1. The molecule has 0 heterocycles. The fourth-order valence-corrected chi connectivity index (χ4v) is 1.94. The number of methoxy groups -OCH3 is 1. The van der Waals surface area contributed by atoms with Gasteiger partial charge in [-0.1, -0.05) is 35.9 Å². The Balaban J connectivity index is 1.82. The van der Waals surface area contributed by atoms with Gasteiger partial charge in [0, 0.05) is 6.54 Å². The molecule has 0 saturated heterocycles. The van der Waals surface area contributed by atoms with Crippen LogP contribution in [0.2, 0.25) is 0 Å². The molecule has 0 aliphatic heterocycles. The number of aryl methyl sites for hydroxylation is 1. The maximum Gasteiger partial charge on any atom is 0.337 e. The van der Waals surface area contributed by atoms with E-state index in [2.05, 4.69) is 10.1 Å². The molecule has 5 nitrogen and oxygen atoms in total. The van der Waals surface area contributed by atoms with Gasteiger partial charge in [0.2, 0.25) is 0 Å². The van der Waals surface area contributed by atoms with Crippen molar-refractivity contribution >= 4 is 11.9 Å². The zero-order valence-corrected chi connectivity index (χ0v) is 13.2. The third-order valence-corrected chi connectivity index (χ3v) is 3.24. The number of amides is 1. The normalized spacial score (nSPS) is 10.0. The molecule has 1 amide bonds. The van der Waals surface area contributed by atoms with Crippen molar-refractivity contribution in [2.75, 3.05) is 13.7 Å². The monoisotopic (exact) mass is 313 g/mol. The number of carbonyl (C=O) groups excluding carboxylic acids is 2. The molecular weight excluding hydrogens is 294 g/mol. The minimum atomic E-state index is -0.445. The zero-order chi connectivity index (χ0) is 16.7. The van der Waals surface area contributed by atoms with E-state index in [1.807, 2.05) is 31.2 Å². The van der Waals surface area contributed by atoms with E-state index < -0.39 is 5.97 Å². The van der Waals surface area contributed by atoms with Gasteiger partial charge in [0.25, 0.3) is 5.91 Å². The molecule has 0 aliphatic rings. The first kappa shape index (κ1) is 16.5. The third kappa shape index (κ3) is 5.14. The van der Waals surface area contributed by atoms with Crippen molar-refractivity contribution < 1.29 is 19.1 Å². The van der Waals surface area contributed by atoms with Crippen molar-refractivity contribution in [1.29, 1.82) is 0 Å². The molecule has 0 spiro atoms. The van der Waals surface area contributed by atoms with E-state index in [-0.39, 0.29) is 12.5 Å². The second-order valence-electron chi connectivity index (χ2n) is 5.07. The van der Waals surface area contributed by atoms with Gasteiger partial charge in [-0.05, 0) is 30.7 Å². The smallest absolute Gasteiger partial charge is 0.337 e. The van der Waals surface area contributed by atoms with E-state index in [0.29, 0.717) is 17.9 Å². The lowest BCUT2D eigenvalue weighted by Gasteiger charge is -2.08. The summed E-state index contributed by atoms with van der Waals surface area (Å²) in [5.74, 6) is -0.230. The average Bonchev–Trinajstić information content (AvgIpc) is 2.59. The van der Waals surface area contributed by atoms with Gasteiger partial charge in [-0.25, -0.2) is 4.79 Å². The highest BCUT2D eigenvalue weighted by Crippen LogP contribution is 2.14. The molecule has 0 radical (unpaired) electrons. The molecule has 120 valence electrons. The van der Waals surface area contributed by atoms with Crippen LogP contribution in [0.4, 0.5) is 0 Å². The van der Waals surface area contributed by atoms with Crippen LogP contribution in [0.3, 0.4) is 0 Å². The topological polar surface area (TPSA) is 64.6 Å². The van der Waals surface area contributed by atoms with Crippen LogP contribution in [0, 0.1) is 6.92 Å². The Bertz CT molecular complexity index is 680. The first-order valence-corrected chi connectivity index (χ1v) is 7.22. The number of hydrogen-bond donors (Lipinski definition) is 1. The van der Waals surface area contributed by atoms with Crippen LogP contribution in [0.15, 0.2) is 48.5 Å². The van der Waals surface area contributed by atoms with Gasteiger partial charge in [-0.15, -0.1) is 0 Å². The largest absolute Gasteiger partial charge is 0.484 e. The Morgan fingerprint density at radius 2 is 1.83 bits per heavy atom. The molecule has 0 bridgehead atoms. The number of rotatable bonds is 6. The Hall–Kier alpha value is -2.82. The molecule has 2 aromatic carbocycles. The number of hydrogen-bond acceptors (Lipinski definition) is 4. The molecule has 2 rings (SSSR count). The minimum Gasteiger partial charge on any atom is -0.484 e. The predicted octanol–water partition coefficient (Wildman–Crippen LogP) is 2.48. The lowest BCUT2D eigenvalue weighted by atomic mass is 10.1. The summed E-state index contributed by atoms with van der Waals surface area (Å²) in [5, 5.41) is 2.78. The fourth-order valence-electron chi connectivity index (χ4n) is 1.94. The van der Waals surface area contributed by atoms with E-state index in [4.69, 9.17) is 4.74 Å². The van der Waals surface area contributed by atoms with Crippen LogP contribution >= 0.6 is 0 Å². The molecule has 0 aliphatic carbocycles. The Labute approximate surface area is 135 Å². The summed E-state index contributed by atoms with van der Waals surface area (Å²) in [5.41, 5.74) is 2.58. The van der Waals surface area contributed by atoms with E-state index in [0.717, 1.165) is 5.56 Å². The van der Waals surface area contributed by atoms with Crippen molar-refractivity contribution in [1.82, 2.24) is 5.32 Å². The summed E-state index contributed by atoms with van der Waals surface area (Å²) < 4.78 is 10.0. The van der Waals surface area contributed by atoms with Gasteiger partial charge in [-0.2, -0.15) is 0 Å². The third-order valence-electron chi connectivity index (χ3n) is 3.24. The molecule has 0 unspecified atom stereocenters. The Morgan fingerprint density at radius 3 is 2.52 bits per heavy atom. The summed E-state index contributed by atoms with van der Waals surface area (Å²) in [4.78, 5) is 23.2. The van der Waals surface area contributed by atoms with Gasteiger partial charge >= 0.3 is 5.97 Å². The van der Waals surface area contributed by atoms with Crippen molar-refractivity contribution in [3.63, 3.8) is 0 Å². The lowest BCUT2D eigenvalue weighted by molar-refractivity contribution is -0.123. The molecule has 0 aromatic heterocycles. The van der Waals surface area contributed by atoms with Crippen LogP contribution in [-0.2, 0) is 16.1 Å². The van der Waals surface area contributed by atoms with Crippen LogP contribution < -0.4 is 10.1 Å². The van der Waals surface area contributed by atoms with Crippen LogP contribution in [-0.4, -0.2) is 25.6 Å². The predicted molar refractivity (Wildman–Crippen MR) is 86.3 cm³/mol. The highest BCUT2D eigenvalue weighted by Gasteiger charge is 2.07. The van der Waals surface area contributed by atoms with E-state index >= 15 is 0 Å². The van der Waals surface area contributed by atoms with Crippen LogP contribution in [0.5, 0.6) is 5.75 Å². The molecule has 5 heteroatoms. The molecular formula is C18H19NO4. The highest BCUT2D eigenvalue weighted by molar-refractivity contribution is 5.89. The molecule has 0 fully saturated rings. The first-order chi connectivity index (χ1) is 11.1. The van der Waals surface area contributed by atoms with Crippen molar-refractivity contribution in [3.8, 4) is 5.75 Å². The Morgan fingerprint density at radius 1 is 1.09 bits per heavy atom. The van der Waals surface area contributed by atoms with Crippen molar-refractivity contribution in [2.24, 2.45) is 0 Å². The average molecular weight is 313 g/mol. The number of carbonyl (C=O) groups is 2. The van der Waals surface area contributed by atoms with Crippen molar-refractivity contribution in [2.45, 2.75) is 13.5 Å². The second kappa shape index (κ2) is 7.98. The standard InChI is InChI=1S/C18H19NO4/c1-13-6-8-14(9-7-13)11-19-17(20)12-23-16-5-3-4-15(10-16)18(21)22-2/h3-10H,11-12H2,1-2H3,(H,19,20). The summed E-state index contributed by atoms with van der Waals surface area (Å²) in [6, 6.07) is 14.4. The summed E-state index contributed by atoms with van der Waals surface area (Å²) in [6.07, 6.45) is 0. The van der Waals surface area contributed by atoms with E-state index in [9.17, 15) is 9.59 Å². The van der Waals surface area contributed by atoms with Gasteiger partial charge in [0.15, 0.2) is 6.61 Å². The summed E-state index contributed by atoms with van der Waals surface area (Å²) in [6.45, 7) is 2.35. The SMILES string of the molecule is COC(=O)c1cccc(OCC(=O)NCc2ccc(C)cc2)c1. The molecule has 23 heavy (non-hydrogen) atoms. The maximum atomic E-state index is 11.8. The van der Waals surface area contributed by atoms with Crippen LogP contribution in [0.25, 0.3) is 0 Å². The van der Waals surface area contributed by atoms with E-state index in [1.54, 1.807) is 24.3 Å². The maximum absolute atomic E-state index is 11.8. The number of benzene rings is 2. The van der Waals surface area contributed by atoms with Gasteiger partial charge in [0.1, 0.15) is 5.75 Å². The zero-order valence-electron chi connectivity index (χ0n) is 13.2. The van der Waals surface area contributed by atoms with Gasteiger partial charge < -0.3 is 14.8 Å². The lowest BCUT2D eigenvalue weighted by Crippen LogP contribution is -2.28. The van der Waals surface area contributed by atoms with Crippen LogP contribution in [0.1, 0.15) is 21.5 Å². The summed E-state index contributed by atoms with van der Waals surface area (Å²) in [7, 11) is 1.31. The minimum absolute atomic E-state index is 0.115. The molecule has 2 aromatic rings. The quantitative estimate of drug-likeness (QED) is 0.832. The first-order valence-electron chi connectivity index (χ1n) is 7.22.